The number of rotatable bonds is 7. The van der Waals surface area contributed by atoms with Gasteiger partial charge in [-0.05, 0) is 24.1 Å². The summed E-state index contributed by atoms with van der Waals surface area (Å²) < 4.78 is 5.88. The summed E-state index contributed by atoms with van der Waals surface area (Å²) in [6.45, 7) is 3.47. The van der Waals surface area contributed by atoms with Gasteiger partial charge in [0.05, 0.1) is 23.8 Å². The summed E-state index contributed by atoms with van der Waals surface area (Å²) in [5, 5.41) is 2.82. The van der Waals surface area contributed by atoms with Crippen molar-refractivity contribution in [2.24, 2.45) is 0 Å². The zero-order valence-electron chi connectivity index (χ0n) is 16.8. The summed E-state index contributed by atoms with van der Waals surface area (Å²) in [4.78, 5) is 40.2. The Morgan fingerprint density at radius 2 is 1.67 bits per heavy atom. The number of nitrogens with zero attached hydrogens (tertiary/aromatic N) is 2. The molecule has 0 radical (unpaired) electrons. The molecule has 0 unspecified atom stereocenters. The van der Waals surface area contributed by atoms with Crippen LogP contribution in [0, 0.1) is 0 Å². The van der Waals surface area contributed by atoms with Gasteiger partial charge in [-0.1, -0.05) is 42.5 Å². The molecule has 2 heterocycles. The molecule has 1 N–H and O–H groups in total. The van der Waals surface area contributed by atoms with E-state index in [1.54, 1.807) is 24.3 Å². The number of morpholine rings is 1. The maximum absolute atomic E-state index is 12.3. The fraction of sp³-hybridized carbons (Fsp3) is 0.348. The van der Waals surface area contributed by atoms with E-state index >= 15 is 0 Å². The van der Waals surface area contributed by atoms with Crippen LogP contribution >= 0.6 is 0 Å². The molecule has 3 amide bonds. The fourth-order valence-electron chi connectivity index (χ4n) is 3.89. The molecule has 2 aliphatic rings. The molecule has 156 valence electrons. The van der Waals surface area contributed by atoms with E-state index < -0.39 is 11.8 Å². The number of nitrogens with one attached hydrogen (secondary N) is 1. The van der Waals surface area contributed by atoms with Gasteiger partial charge in [-0.15, -0.1) is 0 Å². The van der Waals surface area contributed by atoms with E-state index in [2.05, 4.69) is 22.3 Å². The second-order valence-corrected chi connectivity index (χ2v) is 7.52. The largest absolute Gasteiger partial charge is 0.371 e. The summed E-state index contributed by atoms with van der Waals surface area (Å²) in [5.74, 6) is -1.15. The van der Waals surface area contributed by atoms with Crippen LogP contribution in [0.2, 0.25) is 0 Å². The van der Waals surface area contributed by atoms with Crippen molar-refractivity contribution in [3.63, 3.8) is 0 Å². The average molecular weight is 407 g/mol. The molecular weight excluding hydrogens is 382 g/mol. The number of carbonyl (C=O) groups is 3. The lowest BCUT2D eigenvalue weighted by Crippen LogP contribution is -2.42. The lowest BCUT2D eigenvalue weighted by molar-refractivity contribution is -0.121. The second-order valence-electron chi connectivity index (χ2n) is 7.52. The van der Waals surface area contributed by atoms with Crippen molar-refractivity contribution in [2.45, 2.75) is 12.5 Å². The molecule has 7 heteroatoms. The number of amides is 3. The molecule has 7 nitrogen and oxygen atoms in total. The smallest absolute Gasteiger partial charge is 0.262 e. The van der Waals surface area contributed by atoms with E-state index in [0.29, 0.717) is 24.3 Å². The molecule has 0 aromatic heterocycles. The van der Waals surface area contributed by atoms with Crippen LogP contribution in [0.1, 0.15) is 38.8 Å². The normalized spacial score (nSPS) is 19.1. The van der Waals surface area contributed by atoms with Crippen LogP contribution in [0.4, 0.5) is 0 Å². The van der Waals surface area contributed by atoms with Gasteiger partial charge >= 0.3 is 0 Å². The first-order chi connectivity index (χ1) is 14.6. The quantitative estimate of drug-likeness (QED) is 0.560. The van der Waals surface area contributed by atoms with Crippen molar-refractivity contribution in [3.05, 3.63) is 71.3 Å². The molecule has 1 fully saturated rings. The first-order valence-electron chi connectivity index (χ1n) is 10.2. The van der Waals surface area contributed by atoms with Crippen LogP contribution in [0.15, 0.2) is 54.6 Å². The SMILES string of the molecule is O=C(CN1C(=O)c2ccccc2C1=O)NCCCN1CCO[C@H](c2ccccc2)C1. The Balaban J connectivity index is 1.19. The van der Waals surface area contributed by atoms with E-state index in [-0.39, 0.29) is 18.6 Å². The molecule has 0 bridgehead atoms. The van der Waals surface area contributed by atoms with Gasteiger partial charge in [-0.3, -0.25) is 24.2 Å². The molecule has 2 aliphatic heterocycles. The summed E-state index contributed by atoms with van der Waals surface area (Å²) in [7, 11) is 0. The van der Waals surface area contributed by atoms with Crippen LogP contribution in [0.25, 0.3) is 0 Å². The van der Waals surface area contributed by atoms with E-state index in [1.165, 1.54) is 5.56 Å². The van der Waals surface area contributed by atoms with E-state index in [4.69, 9.17) is 4.74 Å². The molecule has 1 saturated heterocycles. The van der Waals surface area contributed by atoms with Gasteiger partial charge < -0.3 is 10.1 Å². The average Bonchev–Trinajstić information content (AvgIpc) is 3.03. The zero-order chi connectivity index (χ0) is 20.9. The molecule has 2 aromatic carbocycles. The maximum atomic E-state index is 12.3. The Bertz CT molecular complexity index is 896. The van der Waals surface area contributed by atoms with Crippen LogP contribution < -0.4 is 5.32 Å². The number of benzene rings is 2. The van der Waals surface area contributed by atoms with E-state index in [0.717, 1.165) is 31.0 Å². The number of hydrogen-bond donors (Lipinski definition) is 1. The van der Waals surface area contributed by atoms with Crippen molar-refractivity contribution >= 4 is 17.7 Å². The predicted molar refractivity (Wildman–Crippen MR) is 111 cm³/mol. The van der Waals surface area contributed by atoms with Crippen molar-refractivity contribution < 1.29 is 19.1 Å². The minimum atomic E-state index is -0.411. The van der Waals surface area contributed by atoms with Crippen LogP contribution in [0.5, 0.6) is 0 Å². The van der Waals surface area contributed by atoms with Gasteiger partial charge in [0.25, 0.3) is 11.8 Å². The van der Waals surface area contributed by atoms with Gasteiger partial charge in [-0.2, -0.15) is 0 Å². The lowest BCUT2D eigenvalue weighted by Gasteiger charge is -2.33. The highest BCUT2D eigenvalue weighted by Gasteiger charge is 2.36. The minimum Gasteiger partial charge on any atom is -0.371 e. The number of ether oxygens (including phenoxy) is 1. The van der Waals surface area contributed by atoms with Gasteiger partial charge in [-0.25, -0.2) is 0 Å². The predicted octanol–water partition coefficient (Wildman–Crippen LogP) is 1.86. The Morgan fingerprint density at radius 3 is 2.37 bits per heavy atom. The Morgan fingerprint density at radius 1 is 1.00 bits per heavy atom. The maximum Gasteiger partial charge on any atom is 0.262 e. The summed E-state index contributed by atoms with van der Waals surface area (Å²) in [5.41, 5.74) is 1.89. The molecule has 0 spiro atoms. The fourth-order valence-corrected chi connectivity index (χ4v) is 3.89. The third-order valence-electron chi connectivity index (χ3n) is 5.48. The lowest BCUT2D eigenvalue weighted by atomic mass is 10.1. The Hall–Kier alpha value is -3.03. The number of fused-ring (bicyclic) bond motifs is 1. The second kappa shape index (κ2) is 9.19. The topological polar surface area (TPSA) is 79.0 Å². The molecule has 0 aliphatic carbocycles. The summed E-state index contributed by atoms with van der Waals surface area (Å²) >= 11 is 0. The molecule has 1 atom stereocenters. The molecule has 30 heavy (non-hydrogen) atoms. The third kappa shape index (κ3) is 4.42. The van der Waals surface area contributed by atoms with Gasteiger partial charge in [0.1, 0.15) is 6.54 Å². The highest BCUT2D eigenvalue weighted by atomic mass is 16.5. The van der Waals surface area contributed by atoms with Gasteiger partial charge in [0, 0.05) is 26.2 Å². The third-order valence-corrected chi connectivity index (χ3v) is 5.48. The first kappa shape index (κ1) is 20.3. The zero-order valence-corrected chi connectivity index (χ0v) is 16.8. The highest BCUT2D eigenvalue weighted by Crippen LogP contribution is 2.23. The van der Waals surface area contributed by atoms with Gasteiger partial charge in [0.15, 0.2) is 0 Å². The molecule has 4 rings (SSSR count). The number of hydrogen-bond acceptors (Lipinski definition) is 5. The summed E-state index contributed by atoms with van der Waals surface area (Å²) in [6.07, 6.45) is 0.860. The molecule has 0 saturated carbocycles. The van der Waals surface area contributed by atoms with Gasteiger partial charge in [0.2, 0.25) is 5.91 Å². The highest BCUT2D eigenvalue weighted by molar-refractivity contribution is 6.22. The van der Waals surface area contributed by atoms with Crippen molar-refractivity contribution in [2.75, 3.05) is 39.3 Å². The minimum absolute atomic E-state index is 0.0726. The number of imide groups is 1. The van der Waals surface area contributed by atoms with Crippen molar-refractivity contribution in [1.82, 2.24) is 15.1 Å². The van der Waals surface area contributed by atoms with Crippen molar-refractivity contribution in [1.29, 1.82) is 0 Å². The van der Waals surface area contributed by atoms with Crippen molar-refractivity contribution in [3.8, 4) is 0 Å². The van der Waals surface area contributed by atoms with E-state index in [9.17, 15) is 14.4 Å². The Kier molecular flexibility index (Phi) is 6.21. The summed E-state index contributed by atoms with van der Waals surface area (Å²) in [6, 6.07) is 16.8. The molecule has 2 aromatic rings. The van der Waals surface area contributed by atoms with Crippen LogP contribution in [-0.4, -0.2) is 66.9 Å². The molecular formula is C23H25N3O4. The van der Waals surface area contributed by atoms with Crippen LogP contribution in [-0.2, 0) is 9.53 Å². The van der Waals surface area contributed by atoms with E-state index in [1.807, 2.05) is 18.2 Å². The first-order valence-corrected chi connectivity index (χ1v) is 10.2. The standard InChI is InChI=1S/C23H25N3O4/c27-21(16-26-22(28)18-9-4-5-10-19(18)23(26)29)24-11-6-12-25-13-14-30-20(15-25)17-7-2-1-3-8-17/h1-5,7-10,20H,6,11-16H2,(H,24,27)/t20-/m0/s1. The number of carbonyl (C=O) groups excluding carboxylic acids is 3. The monoisotopic (exact) mass is 407 g/mol. The van der Waals surface area contributed by atoms with Crippen LogP contribution in [0.3, 0.4) is 0 Å². The Labute approximate surface area is 175 Å².